The summed E-state index contributed by atoms with van der Waals surface area (Å²) in [6.45, 7) is 1.35. The van der Waals surface area contributed by atoms with Gasteiger partial charge in [-0.05, 0) is 42.7 Å². The van der Waals surface area contributed by atoms with Crippen molar-refractivity contribution in [2.75, 3.05) is 6.61 Å². The summed E-state index contributed by atoms with van der Waals surface area (Å²) in [5.74, 6) is -1.21. The summed E-state index contributed by atoms with van der Waals surface area (Å²) in [5.41, 5.74) is 1.52. The van der Waals surface area contributed by atoms with Crippen molar-refractivity contribution in [1.82, 2.24) is 10.2 Å². The quantitative estimate of drug-likeness (QED) is 0.507. The van der Waals surface area contributed by atoms with Crippen LogP contribution in [0.5, 0.6) is 0 Å². The van der Waals surface area contributed by atoms with Crippen LogP contribution in [0.4, 0.5) is 4.39 Å². The Morgan fingerprint density at radius 2 is 2.00 bits per heavy atom. The zero-order valence-electron chi connectivity index (χ0n) is 16.2. The highest BCUT2D eigenvalue weighted by Crippen LogP contribution is 2.34. The number of aliphatic hydroxyl groups excluding tert-OH is 1. The van der Waals surface area contributed by atoms with Crippen LogP contribution in [0.25, 0.3) is 6.08 Å². The summed E-state index contributed by atoms with van der Waals surface area (Å²) < 4.78 is 13.7. The second-order valence-corrected chi connectivity index (χ2v) is 8.54. The standard InChI is InChI=1S/C22H21FN2O3S2/c1-14(20(27)24-18(13-26)11-15-6-3-2-4-7-15)25-21(28)19(30-22(25)29)12-16-8-5-9-17(23)10-16/h2-10,12,14,18,26H,11,13H2,1H3,(H,24,27)/b19-12-/t14-,18+/m0/s1. The Hall–Kier alpha value is -2.55. The molecule has 0 spiro atoms. The first kappa shape index (κ1) is 22.1. The van der Waals surface area contributed by atoms with Gasteiger partial charge in [-0.1, -0.05) is 66.4 Å². The lowest BCUT2D eigenvalue weighted by molar-refractivity contribution is -0.132. The van der Waals surface area contributed by atoms with Crippen LogP contribution in [0.2, 0.25) is 0 Å². The molecule has 0 bridgehead atoms. The molecule has 2 atom stereocenters. The van der Waals surface area contributed by atoms with Crippen molar-refractivity contribution in [3.05, 3.63) is 76.4 Å². The molecule has 8 heteroatoms. The molecule has 0 aromatic heterocycles. The number of thioether (sulfide) groups is 1. The van der Waals surface area contributed by atoms with Crippen molar-refractivity contribution >= 4 is 46.2 Å². The third-order valence-corrected chi connectivity index (χ3v) is 5.96. The molecule has 0 aliphatic carbocycles. The number of nitrogens with zero attached hydrogens (tertiary/aromatic N) is 1. The van der Waals surface area contributed by atoms with Crippen molar-refractivity contribution in [3.63, 3.8) is 0 Å². The minimum absolute atomic E-state index is 0.231. The molecule has 0 saturated carbocycles. The van der Waals surface area contributed by atoms with E-state index in [0.29, 0.717) is 16.9 Å². The highest BCUT2D eigenvalue weighted by atomic mass is 32.2. The molecule has 30 heavy (non-hydrogen) atoms. The molecular weight excluding hydrogens is 423 g/mol. The van der Waals surface area contributed by atoms with Crippen LogP contribution in [0, 0.1) is 5.82 Å². The first-order chi connectivity index (χ1) is 14.4. The Kier molecular flexibility index (Phi) is 7.36. The van der Waals surface area contributed by atoms with Crippen molar-refractivity contribution in [2.45, 2.75) is 25.4 Å². The normalized spacial score (nSPS) is 17.3. The Bertz CT molecular complexity index is 981. The van der Waals surface area contributed by atoms with E-state index in [1.54, 1.807) is 25.1 Å². The molecule has 2 N–H and O–H groups in total. The second-order valence-electron chi connectivity index (χ2n) is 6.86. The number of halogens is 1. The molecule has 2 aromatic rings. The Balaban J connectivity index is 1.69. The number of amides is 2. The van der Waals surface area contributed by atoms with Crippen LogP contribution >= 0.6 is 24.0 Å². The largest absolute Gasteiger partial charge is 0.394 e. The van der Waals surface area contributed by atoms with E-state index >= 15 is 0 Å². The highest BCUT2D eigenvalue weighted by Gasteiger charge is 2.38. The van der Waals surface area contributed by atoms with E-state index in [0.717, 1.165) is 17.3 Å². The molecule has 1 fully saturated rings. The number of carbonyl (C=O) groups is 2. The van der Waals surface area contributed by atoms with Crippen LogP contribution in [-0.4, -0.2) is 44.8 Å². The summed E-state index contributed by atoms with van der Waals surface area (Å²) in [7, 11) is 0. The first-order valence-electron chi connectivity index (χ1n) is 9.37. The zero-order chi connectivity index (χ0) is 21.7. The maximum absolute atomic E-state index is 13.4. The molecule has 0 radical (unpaired) electrons. The average Bonchev–Trinajstić information content (AvgIpc) is 3.00. The van der Waals surface area contributed by atoms with Gasteiger partial charge in [0.1, 0.15) is 16.2 Å². The van der Waals surface area contributed by atoms with E-state index < -0.39 is 29.7 Å². The van der Waals surface area contributed by atoms with Gasteiger partial charge in [0, 0.05) is 0 Å². The fourth-order valence-electron chi connectivity index (χ4n) is 3.06. The number of thiocarbonyl (C=S) groups is 1. The van der Waals surface area contributed by atoms with Crippen LogP contribution < -0.4 is 5.32 Å². The van der Waals surface area contributed by atoms with Gasteiger partial charge in [0.05, 0.1) is 17.6 Å². The molecule has 0 unspecified atom stereocenters. The second kappa shape index (κ2) is 9.97. The number of hydrogen-bond donors (Lipinski definition) is 2. The number of benzene rings is 2. The van der Waals surface area contributed by atoms with Crippen molar-refractivity contribution in [2.24, 2.45) is 0 Å². The van der Waals surface area contributed by atoms with Gasteiger partial charge in [-0.25, -0.2) is 4.39 Å². The minimum Gasteiger partial charge on any atom is -0.394 e. The summed E-state index contributed by atoms with van der Waals surface area (Å²) in [4.78, 5) is 27.1. The monoisotopic (exact) mass is 444 g/mol. The lowest BCUT2D eigenvalue weighted by Gasteiger charge is -2.25. The number of hydrogen-bond acceptors (Lipinski definition) is 5. The molecule has 3 rings (SSSR count). The van der Waals surface area contributed by atoms with Crippen molar-refractivity contribution < 1.29 is 19.1 Å². The number of rotatable bonds is 7. The maximum Gasteiger partial charge on any atom is 0.266 e. The SMILES string of the molecule is C[C@@H](C(=O)N[C@@H](CO)Cc1ccccc1)N1C(=O)/C(=C/c2cccc(F)c2)SC1=S. The highest BCUT2D eigenvalue weighted by molar-refractivity contribution is 8.26. The van der Waals surface area contributed by atoms with Gasteiger partial charge in [0.15, 0.2) is 0 Å². The topological polar surface area (TPSA) is 69.6 Å². The minimum atomic E-state index is -0.847. The molecular formula is C22H21FN2O3S2. The van der Waals surface area contributed by atoms with Crippen LogP contribution in [0.15, 0.2) is 59.5 Å². The predicted octanol–water partition coefficient (Wildman–Crippen LogP) is 3.14. The molecule has 2 aromatic carbocycles. The van der Waals surface area contributed by atoms with E-state index in [2.05, 4.69) is 5.32 Å². The lowest BCUT2D eigenvalue weighted by atomic mass is 10.1. The smallest absolute Gasteiger partial charge is 0.266 e. The number of nitrogens with one attached hydrogen (secondary N) is 1. The van der Waals surface area contributed by atoms with Crippen molar-refractivity contribution in [1.29, 1.82) is 0 Å². The van der Waals surface area contributed by atoms with Crippen LogP contribution in [0.3, 0.4) is 0 Å². The van der Waals surface area contributed by atoms with Gasteiger partial charge in [-0.2, -0.15) is 0 Å². The predicted molar refractivity (Wildman–Crippen MR) is 120 cm³/mol. The lowest BCUT2D eigenvalue weighted by Crippen LogP contribution is -2.51. The number of aliphatic hydroxyl groups is 1. The van der Waals surface area contributed by atoms with E-state index in [4.69, 9.17) is 12.2 Å². The Morgan fingerprint density at radius 3 is 2.67 bits per heavy atom. The molecule has 156 valence electrons. The van der Waals surface area contributed by atoms with Gasteiger partial charge in [-0.3, -0.25) is 14.5 Å². The third kappa shape index (κ3) is 5.33. The van der Waals surface area contributed by atoms with Crippen molar-refractivity contribution in [3.8, 4) is 0 Å². The molecule has 2 amide bonds. The van der Waals surface area contributed by atoms with Gasteiger partial charge in [0.2, 0.25) is 5.91 Å². The van der Waals surface area contributed by atoms with E-state index in [1.165, 1.54) is 17.0 Å². The first-order valence-corrected chi connectivity index (χ1v) is 10.6. The van der Waals surface area contributed by atoms with E-state index in [-0.39, 0.29) is 10.9 Å². The number of carbonyl (C=O) groups excluding carboxylic acids is 2. The zero-order valence-corrected chi connectivity index (χ0v) is 17.9. The fraction of sp³-hybridized carbons (Fsp3) is 0.227. The van der Waals surface area contributed by atoms with Gasteiger partial charge < -0.3 is 10.4 Å². The molecule has 1 aliphatic rings. The third-order valence-electron chi connectivity index (χ3n) is 4.63. The summed E-state index contributed by atoms with van der Waals surface area (Å²) in [6, 6.07) is 14.0. The summed E-state index contributed by atoms with van der Waals surface area (Å²) in [6.07, 6.45) is 2.02. The van der Waals surface area contributed by atoms with Gasteiger partial charge in [0.25, 0.3) is 5.91 Å². The maximum atomic E-state index is 13.4. The van der Waals surface area contributed by atoms with Crippen LogP contribution in [0.1, 0.15) is 18.1 Å². The molecule has 5 nitrogen and oxygen atoms in total. The fourth-order valence-corrected chi connectivity index (χ4v) is 4.48. The van der Waals surface area contributed by atoms with E-state index in [9.17, 15) is 19.1 Å². The summed E-state index contributed by atoms with van der Waals surface area (Å²) >= 11 is 6.38. The van der Waals surface area contributed by atoms with Crippen LogP contribution in [-0.2, 0) is 16.0 Å². The molecule has 1 heterocycles. The van der Waals surface area contributed by atoms with E-state index in [1.807, 2.05) is 30.3 Å². The average molecular weight is 445 g/mol. The molecule has 1 aliphatic heterocycles. The molecule has 1 saturated heterocycles. The van der Waals surface area contributed by atoms with Gasteiger partial charge >= 0.3 is 0 Å². The Morgan fingerprint density at radius 1 is 1.27 bits per heavy atom. The summed E-state index contributed by atoms with van der Waals surface area (Å²) in [5, 5.41) is 12.4. The van der Waals surface area contributed by atoms with Gasteiger partial charge in [-0.15, -0.1) is 0 Å². The Labute approximate surface area is 184 Å².